The topological polar surface area (TPSA) is 82.8 Å². The zero-order valence-corrected chi connectivity index (χ0v) is 13.3. The van der Waals surface area contributed by atoms with Crippen LogP contribution in [0.1, 0.15) is 34.3 Å². The van der Waals surface area contributed by atoms with E-state index in [1.165, 1.54) is 17.6 Å². The number of thiophene rings is 1. The van der Waals surface area contributed by atoms with Crippen molar-refractivity contribution in [3.8, 4) is 0 Å². The first-order valence-corrected chi connectivity index (χ1v) is 8.38. The molecule has 2 aromatic rings. The van der Waals surface area contributed by atoms with E-state index in [0.29, 0.717) is 23.6 Å². The standard InChI is InChI=1S/C16H18N2O4S/c19-10-11(13-5-2-8-22-13)17-15(20)12-4-1-7-18(12)16(21)14-6-3-9-23-14/h2-3,5-6,8-9,11-12,19H,1,4,7,10H2,(H,17,20)/t11?,12-/m0/s1. The normalized spacial score (nSPS) is 18.8. The lowest BCUT2D eigenvalue weighted by Crippen LogP contribution is -2.47. The van der Waals surface area contributed by atoms with Crippen LogP contribution in [0.25, 0.3) is 0 Å². The first-order valence-electron chi connectivity index (χ1n) is 7.50. The molecule has 2 N–H and O–H groups in total. The Morgan fingerprint density at radius 1 is 1.43 bits per heavy atom. The molecular formula is C16H18N2O4S. The fourth-order valence-electron chi connectivity index (χ4n) is 2.79. The van der Waals surface area contributed by atoms with Gasteiger partial charge in [0.1, 0.15) is 17.8 Å². The van der Waals surface area contributed by atoms with Crippen LogP contribution >= 0.6 is 11.3 Å². The zero-order chi connectivity index (χ0) is 16.2. The summed E-state index contributed by atoms with van der Waals surface area (Å²) in [5.74, 6) is 0.119. The second kappa shape index (κ2) is 6.97. The van der Waals surface area contributed by atoms with Crippen LogP contribution in [-0.2, 0) is 4.79 Å². The molecule has 6 nitrogen and oxygen atoms in total. The molecule has 2 atom stereocenters. The Morgan fingerprint density at radius 2 is 2.30 bits per heavy atom. The van der Waals surface area contributed by atoms with Gasteiger partial charge in [-0.2, -0.15) is 0 Å². The molecule has 1 fully saturated rings. The van der Waals surface area contributed by atoms with Crippen molar-refractivity contribution in [3.05, 3.63) is 46.5 Å². The van der Waals surface area contributed by atoms with Crippen molar-refractivity contribution in [2.45, 2.75) is 24.9 Å². The summed E-state index contributed by atoms with van der Waals surface area (Å²) in [4.78, 5) is 27.3. The molecular weight excluding hydrogens is 316 g/mol. The van der Waals surface area contributed by atoms with E-state index in [9.17, 15) is 14.7 Å². The minimum Gasteiger partial charge on any atom is -0.467 e. The predicted molar refractivity (Wildman–Crippen MR) is 85.1 cm³/mol. The van der Waals surface area contributed by atoms with Crippen LogP contribution in [0.4, 0.5) is 0 Å². The van der Waals surface area contributed by atoms with Crippen molar-refractivity contribution >= 4 is 23.2 Å². The van der Waals surface area contributed by atoms with E-state index in [4.69, 9.17) is 4.42 Å². The zero-order valence-electron chi connectivity index (χ0n) is 12.5. The molecule has 122 valence electrons. The molecule has 7 heteroatoms. The Morgan fingerprint density at radius 3 is 2.96 bits per heavy atom. The van der Waals surface area contributed by atoms with Crippen molar-refractivity contribution in [1.29, 1.82) is 0 Å². The van der Waals surface area contributed by atoms with Crippen molar-refractivity contribution in [3.63, 3.8) is 0 Å². The molecule has 2 amide bonds. The average Bonchev–Trinajstić information content (AvgIpc) is 3.33. The van der Waals surface area contributed by atoms with Gasteiger partial charge in [-0.15, -0.1) is 11.3 Å². The summed E-state index contributed by atoms with van der Waals surface area (Å²) in [7, 11) is 0. The van der Waals surface area contributed by atoms with Crippen LogP contribution in [0.2, 0.25) is 0 Å². The number of hydrogen-bond donors (Lipinski definition) is 2. The summed E-state index contributed by atoms with van der Waals surface area (Å²) in [6, 6.07) is 5.88. The molecule has 0 bridgehead atoms. The minimum atomic E-state index is -0.600. The van der Waals surface area contributed by atoms with Crippen LogP contribution in [0.3, 0.4) is 0 Å². The second-order valence-corrected chi connectivity index (χ2v) is 6.34. The molecule has 3 rings (SSSR count). The van der Waals surface area contributed by atoms with E-state index < -0.39 is 12.1 Å². The maximum atomic E-state index is 12.5. The molecule has 0 radical (unpaired) electrons. The van der Waals surface area contributed by atoms with Crippen LogP contribution in [0.5, 0.6) is 0 Å². The lowest BCUT2D eigenvalue weighted by atomic mass is 10.1. The van der Waals surface area contributed by atoms with Crippen molar-refractivity contribution < 1.29 is 19.1 Å². The van der Waals surface area contributed by atoms with Gasteiger partial charge in [-0.1, -0.05) is 6.07 Å². The SMILES string of the molecule is O=C(NC(CO)c1ccco1)[C@@H]1CCCN1C(=O)c1cccs1. The summed E-state index contributed by atoms with van der Waals surface area (Å²) in [5, 5.41) is 14.1. The molecule has 0 aromatic carbocycles. The van der Waals surface area contributed by atoms with Crippen molar-refractivity contribution in [2.75, 3.05) is 13.2 Å². The van der Waals surface area contributed by atoms with Gasteiger partial charge >= 0.3 is 0 Å². The van der Waals surface area contributed by atoms with E-state index in [1.807, 2.05) is 11.4 Å². The third-order valence-corrected chi connectivity index (χ3v) is 4.79. The van der Waals surface area contributed by atoms with Crippen LogP contribution in [0, 0.1) is 0 Å². The number of carbonyl (C=O) groups excluding carboxylic acids is 2. The maximum absolute atomic E-state index is 12.5. The molecule has 23 heavy (non-hydrogen) atoms. The lowest BCUT2D eigenvalue weighted by molar-refractivity contribution is -0.126. The van der Waals surface area contributed by atoms with Gasteiger partial charge in [-0.05, 0) is 36.4 Å². The number of nitrogens with zero attached hydrogens (tertiary/aromatic N) is 1. The molecule has 1 aliphatic heterocycles. The Labute approximate surface area is 137 Å². The van der Waals surface area contributed by atoms with Crippen molar-refractivity contribution in [1.82, 2.24) is 10.2 Å². The molecule has 0 aliphatic carbocycles. The number of furan rings is 1. The number of aliphatic hydroxyl groups excluding tert-OH is 1. The minimum absolute atomic E-state index is 0.115. The van der Waals surface area contributed by atoms with Gasteiger partial charge in [0, 0.05) is 6.54 Å². The Kier molecular flexibility index (Phi) is 4.78. The smallest absolute Gasteiger partial charge is 0.264 e. The Bertz CT molecular complexity index is 654. The number of amides is 2. The molecule has 0 spiro atoms. The average molecular weight is 334 g/mol. The van der Waals surface area contributed by atoms with Gasteiger partial charge in [0.25, 0.3) is 5.91 Å². The van der Waals surface area contributed by atoms with Gasteiger partial charge in [0.05, 0.1) is 17.7 Å². The fourth-order valence-corrected chi connectivity index (χ4v) is 3.47. The number of likely N-dealkylation sites (tertiary alicyclic amines) is 1. The summed E-state index contributed by atoms with van der Waals surface area (Å²) in [5.41, 5.74) is 0. The third kappa shape index (κ3) is 3.30. The third-order valence-electron chi connectivity index (χ3n) is 3.93. The van der Waals surface area contributed by atoms with Gasteiger partial charge in [0.2, 0.25) is 5.91 Å². The molecule has 1 unspecified atom stereocenters. The first kappa shape index (κ1) is 15.8. The van der Waals surface area contributed by atoms with Crippen LogP contribution in [-0.4, -0.2) is 41.0 Å². The maximum Gasteiger partial charge on any atom is 0.264 e. The quantitative estimate of drug-likeness (QED) is 0.873. The molecule has 3 heterocycles. The first-order chi connectivity index (χ1) is 11.2. The number of aliphatic hydroxyl groups is 1. The predicted octanol–water partition coefficient (Wildman–Crippen LogP) is 1.80. The van der Waals surface area contributed by atoms with Crippen LogP contribution in [0.15, 0.2) is 40.3 Å². The summed E-state index contributed by atoms with van der Waals surface area (Å²) in [6.07, 6.45) is 2.91. The molecule has 1 aliphatic rings. The highest BCUT2D eigenvalue weighted by Gasteiger charge is 2.35. The van der Waals surface area contributed by atoms with E-state index in [2.05, 4.69) is 5.32 Å². The van der Waals surface area contributed by atoms with Crippen molar-refractivity contribution in [2.24, 2.45) is 0 Å². The van der Waals surface area contributed by atoms with E-state index >= 15 is 0 Å². The van der Waals surface area contributed by atoms with Gasteiger partial charge in [-0.25, -0.2) is 0 Å². The second-order valence-electron chi connectivity index (χ2n) is 5.39. The number of hydrogen-bond acceptors (Lipinski definition) is 5. The highest BCUT2D eigenvalue weighted by molar-refractivity contribution is 7.12. The largest absolute Gasteiger partial charge is 0.467 e. The van der Waals surface area contributed by atoms with Gasteiger partial charge < -0.3 is 19.7 Å². The monoisotopic (exact) mass is 334 g/mol. The van der Waals surface area contributed by atoms with Crippen LogP contribution < -0.4 is 5.32 Å². The number of carbonyl (C=O) groups is 2. The summed E-state index contributed by atoms with van der Waals surface area (Å²) >= 11 is 1.37. The molecule has 1 saturated heterocycles. The summed E-state index contributed by atoms with van der Waals surface area (Å²) < 4.78 is 5.23. The fraction of sp³-hybridized carbons (Fsp3) is 0.375. The Hall–Kier alpha value is -2.12. The number of nitrogens with one attached hydrogen (secondary N) is 1. The Balaban J connectivity index is 1.69. The molecule has 2 aromatic heterocycles. The van der Waals surface area contributed by atoms with Gasteiger partial charge in [0.15, 0.2) is 0 Å². The number of rotatable bonds is 5. The summed E-state index contributed by atoms with van der Waals surface area (Å²) in [6.45, 7) is 0.310. The van der Waals surface area contributed by atoms with E-state index in [-0.39, 0.29) is 18.4 Å². The molecule has 0 saturated carbocycles. The highest BCUT2D eigenvalue weighted by atomic mass is 32.1. The van der Waals surface area contributed by atoms with E-state index in [1.54, 1.807) is 23.1 Å². The highest BCUT2D eigenvalue weighted by Crippen LogP contribution is 2.23. The van der Waals surface area contributed by atoms with Gasteiger partial charge in [-0.3, -0.25) is 9.59 Å². The lowest BCUT2D eigenvalue weighted by Gasteiger charge is -2.25. The van der Waals surface area contributed by atoms with E-state index in [0.717, 1.165) is 6.42 Å².